The molecule has 7 heteroatoms. The van der Waals surface area contributed by atoms with Crippen molar-refractivity contribution in [3.8, 4) is 0 Å². The van der Waals surface area contributed by atoms with E-state index in [-0.39, 0.29) is 18.3 Å². The van der Waals surface area contributed by atoms with Crippen molar-refractivity contribution in [2.75, 3.05) is 13.7 Å². The molecule has 4 atom stereocenters. The number of nitrogens with zero attached hydrogens (tertiary/aromatic N) is 1. The number of thiophene rings is 1. The molecule has 1 saturated carbocycles. The summed E-state index contributed by atoms with van der Waals surface area (Å²) in [4.78, 5) is 43.8. The summed E-state index contributed by atoms with van der Waals surface area (Å²) >= 11 is 1.48. The molecule has 1 aromatic rings. The Morgan fingerprint density at radius 2 is 2.07 bits per heavy atom. The van der Waals surface area contributed by atoms with Crippen LogP contribution in [0.25, 0.3) is 0 Å². The maximum absolute atomic E-state index is 13.4. The highest BCUT2D eigenvalue weighted by Gasteiger charge is 2.51. The predicted molar refractivity (Wildman–Crippen MR) is 102 cm³/mol. The first-order chi connectivity index (χ1) is 12.9. The van der Waals surface area contributed by atoms with Gasteiger partial charge in [0, 0.05) is 22.2 Å². The molecule has 27 heavy (non-hydrogen) atoms. The quantitative estimate of drug-likeness (QED) is 0.584. The number of hydrogen-bond acceptors (Lipinski definition) is 7. The number of ketones is 1. The zero-order valence-electron chi connectivity index (χ0n) is 15.9. The minimum Gasteiger partial charge on any atom is -0.468 e. The van der Waals surface area contributed by atoms with Crippen molar-refractivity contribution in [1.29, 1.82) is 0 Å². The highest BCUT2D eigenvalue weighted by molar-refractivity contribution is 7.10. The van der Waals surface area contributed by atoms with E-state index in [9.17, 15) is 14.4 Å². The Morgan fingerprint density at radius 1 is 1.33 bits per heavy atom. The van der Waals surface area contributed by atoms with Gasteiger partial charge in [0.05, 0.1) is 25.2 Å². The maximum atomic E-state index is 13.4. The fourth-order valence-electron chi connectivity index (χ4n) is 4.09. The molecule has 0 saturated heterocycles. The lowest BCUT2D eigenvalue weighted by atomic mass is 9.65. The summed E-state index contributed by atoms with van der Waals surface area (Å²) in [5.41, 5.74) is 1.71. The molecule has 0 aromatic carbocycles. The zero-order valence-corrected chi connectivity index (χ0v) is 16.7. The maximum Gasteiger partial charge on any atom is 0.336 e. The van der Waals surface area contributed by atoms with E-state index in [0.717, 1.165) is 10.6 Å². The van der Waals surface area contributed by atoms with Crippen molar-refractivity contribution in [2.24, 2.45) is 22.7 Å². The van der Waals surface area contributed by atoms with Crippen LogP contribution < -0.4 is 0 Å². The van der Waals surface area contributed by atoms with Gasteiger partial charge in [-0.05, 0) is 37.6 Å². The van der Waals surface area contributed by atoms with E-state index in [1.807, 2.05) is 24.4 Å². The summed E-state index contributed by atoms with van der Waals surface area (Å²) in [5.74, 6) is -3.38. The molecule has 0 spiro atoms. The zero-order chi connectivity index (χ0) is 19.7. The molecule has 2 aliphatic rings. The molecule has 0 N–H and O–H groups in total. The highest BCUT2D eigenvalue weighted by Crippen LogP contribution is 2.46. The topological polar surface area (TPSA) is 82.0 Å². The van der Waals surface area contributed by atoms with Gasteiger partial charge in [0.2, 0.25) is 0 Å². The van der Waals surface area contributed by atoms with Crippen LogP contribution in [-0.4, -0.2) is 37.2 Å². The van der Waals surface area contributed by atoms with E-state index in [0.29, 0.717) is 17.7 Å². The van der Waals surface area contributed by atoms with Gasteiger partial charge in [0.15, 0.2) is 5.78 Å². The van der Waals surface area contributed by atoms with Crippen LogP contribution in [0.2, 0.25) is 0 Å². The predicted octanol–water partition coefficient (Wildman–Crippen LogP) is 3.14. The molecule has 3 rings (SSSR count). The van der Waals surface area contributed by atoms with E-state index in [4.69, 9.17) is 9.47 Å². The Kier molecular flexibility index (Phi) is 5.60. The number of ether oxygens (including phenoxy) is 2. The molecule has 144 valence electrons. The third-order valence-electron chi connectivity index (χ3n) is 5.22. The minimum absolute atomic E-state index is 0.194. The number of aliphatic imine (C=N–C) groups is 1. The summed E-state index contributed by atoms with van der Waals surface area (Å²) in [6.45, 7) is 5.62. The van der Waals surface area contributed by atoms with Gasteiger partial charge < -0.3 is 9.47 Å². The molecule has 0 radical (unpaired) electrons. The molecule has 0 bridgehead atoms. The van der Waals surface area contributed by atoms with Gasteiger partial charge in [0.1, 0.15) is 5.92 Å². The van der Waals surface area contributed by atoms with Gasteiger partial charge in [-0.15, -0.1) is 11.3 Å². The number of carbonyl (C=O) groups is 3. The molecule has 1 fully saturated rings. The summed E-state index contributed by atoms with van der Waals surface area (Å²) in [7, 11) is 1.29. The Labute approximate surface area is 162 Å². The molecule has 1 aliphatic heterocycles. The van der Waals surface area contributed by atoms with Crippen LogP contribution in [0.1, 0.15) is 38.0 Å². The first-order valence-corrected chi connectivity index (χ1v) is 9.88. The van der Waals surface area contributed by atoms with E-state index < -0.39 is 29.7 Å². The second kappa shape index (κ2) is 7.76. The summed E-state index contributed by atoms with van der Waals surface area (Å²) < 4.78 is 10.1. The van der Waals surface area contributed by atoms with Crippen molar-refractivity contribution < 1.29 is 23.9 Å². The molecule has 0 unspecified atom stereocenters. The third kappa shape index (κ3) is 3.36. The third-order valence-corrected chi connectivity index (χ3v) is 6.17. The number of Topliss-reactive ketones (excluding diaryl/α,β-unsaturated/α-hetero) is 1. The van der Waals surface area contributed by atoms with Gasteiger partial charge in [-0.25, -0.2) is 4.79 Å². The fraction of sp³-hybridized carbons (Fsp3) is 0.500. The second-order valence-corrected chi connectivity index (χ2v) is 7.86. The van der Waals surface area contributed by atoms with Crippen molar-refractivity contribution in [1.82, 2.24) is 0 Å². The Hall–Kier alpha value is -2.28. The van der Waals surface area contributed by atoms with Gasteiger partial charge in [-0.1, -0.05) is 13.0 Å². The summed E-state index contributed by atoms with van der Waals surface area (Å²) in [6.07, 6.45) is 0.519. The number of fused-ring (bicyclic) bond motifs is 1. The summed E-state index contributed by atoms with van der Waals surface area (Å²) in [5, 5.41) is 1.91. The molecule has 1 aliphatic carbocycles. The fourth-order valence-corrected chi connectivity index (χ4v) is 4.96. The molecule has 6 nitrogen and oxygen atoms in total. The average molecular weight is 389 g/mol. The van der Waals surface area contributed by atoms with E-state index in [1.165, 1.54) is 18.4 Å². The number of allylic oxidation sites excluding steroid dienone is 1. The normalized spacial score (nSPS) is 27.7. The average Bonchev–Trinajstić information content (AvgIpc) is 3.14. The van der Waals surface area contributed by atoms with Crippen molar-refractivity contribution in [3.05, 3.63) is 33.7 Å². The van der Waals surface area contributed by atoms with Crippen LogP contribution in [0.4, 0.5) is 0 Å². The molecule has 1 aromatic heterocycles. The van der Waals surface area contributed by atoms with Gasteiger partial charge in [-0.3, -0.25) is 14.6 Å². The Bertz CT molecular complexity index is 823. The highest BCUT2D eigenvalue weighted by atomic mass is 32.1. The molecule has 2 heterocycles. The van der Waals surface area contributed by atoms with Crippen molar-refractivity contribution >= 4 is 34.8 Å². The number of hydrogen-bond donors (Lipinski definition) is 0. The lowest BCUT2D eigenvalue weighted by Gasteiger charge is -2.39. The lowest BCUT2D eigenvalue weighted by Crippen LogP contribution is -2.48. The summed E-state index contributed by atoms with van der Waals surface area (Å²) in [6, 6.07) is 3.79. The van der Waals surface area contributed by atoms with Crippen LogP contribution in [0.5, 0.6) is 0 Å². The molecular formula is C20H23NO5S. The van der Waals surface area contributed by atoms with Crippen LogP contribution in [0.3, 0.4) is 0 Å². The van der Waals surface area contributed by atoms with Gasteiger partial charge in [0.25, 0.3) is 0 Å². The minimum atomic E-state index is -0.844. The van der Waals surface area contributed by atoms with E-state index >= 15 is 0 Å². The standard InChI is InChI=1S/C20H23NO5S/c1-5-26-20(24)15-11(3)21-12-9-10(2)14(19(23)25-4)18(22)16(12)17(15)13-7-6-8-27-13/h6-8,10,14,16-17H,5,9H2,1-4H3/t10-,14+,16+,17-/m1/s1. The number of carbonyl (C=O) groups excluding carboxylic acids is 3. The SMILES string of the molecule is CCOC(=O)C1=C(C)N=C2C[C@@H](C)[C@H](C(=O)OC)C(=O)[C@@H]2[C@@H]1c1cccs1. The second-order valence-electron chi connectivity index (χ2n) is 6.88. The lowest BCUT2D eigenvalue weighted by molar-refractivity contribution is -0.152. The molecule has 0 amide bonds. The van der Waals surface area contributed by atoms with Gasteiger partial charge in [-0.2, -0.15) is 0 Å². The van der Waals surface area contributed by atoms with Crippen LogP contribution in [0.15, 0.2) is 33.8 Å². The van der Waals surface area contributed by atoms with Gasteiger partial charge >= 0.3 is 11.9 Å². The van der Waals surface area contributed by atoms with E-state index in [2.05, 4.69) is 4.99 Å². The smallest absolute Gasteiger partial charge is 0.336 e. The van der Waals surface area contributed by atoms with Crippen molar-refractivity contribution in [3.63, 3.8) is 0 Å². The molecular weight excluding hydrogens is 366 g/mol. The van der Waals surface area contributed by atoms with Crippen LogP contribution in [-0.2, 0) is 23.9 Å². The number of methoxy groups -OCH3 is 1. The van der Waals surface area contributed by atoms with Crippen LogP contribution >= 0.6 is 11.3 Å². The first-order valence-electron chi connectivity index (χ1n) is 9.00. The number of rotatable bonds is 4. The first kappa shape index (κ1) is 19.5. The Balaban J connectivity index is 2.13. The van der Waals surface area contributed by atoms with Crippen molar-refractivity contribution in [2.45, 2.75) is 33.1 Å². The monoisotopic (exact) mass is 389 g/mol. The Morgan fingerprint density at radius 3 is 2.67 bits per heavy atom. The largest absolute Gasteiger partial charge is 0.468 e. The van der Waals surface area contributed by atoms with E-state index in [1.54, 1.807) is 13.8 Å². The van der Waals surface area contributed by atoms with Crippen LogP contribution in [0, 0.1) is 17.8 Å². The number of esters is 2.